The first-order valence-electron chi connectivity index (χ1n) is 17.3. The van der Waals surface area contributed by atoms with E-state index < -0.39 is 0 Å². The van der Waals surface area contributed by atoms with Crippen molar-refractivity contribution in [2.24, 2.45) is 0 Å². The van der Waals surface area contributed by atoms with Crippen LogP contribution in [0.2, 0.25) is 0 Å². The molecule has 0 aliphatic heterocycles. The molecule has 11 aromatic rings. The van der Waals surface area contributed by atoms with Crippen LogP contribution in [0.3, 0.4) is 0 Å². The summed E-state index contributed by atoms with van der Waals surface area (Å²) in [5.74, 6) is 0. The summed E-state index contributed by atoms with van der Waals surface area (Å²) >= 11 is 3.74. The van der Waals surface area contributed by atoms with E-state index in [1.165, 1.54) is 95.5 Å². The molecular weight excluding hydrogens is 655 g/mol. The van der Waals surface area contributed by atoms with Crippen molar-refractivity contribution in [3.63, 3.8) is 0 Å². The maximum atomic E-state index is 2.46. The number of fused-ring (bicyclic) bond motifs is 9. The van der Waals surface area contributed by atoms with Gasteiger partial charge in [-0.2, -0.15) is 0 Å². The second-order valence-electron chi connectivity index (χ2n) is 13.3. The number of benzene rings is 8. The Labute approximate surface area is 302 Å². The van der Waals surface area contributed by atoms with Crippen molar-refractivity contribution in [3.8, 4) is 39.1 Å². The van der Waals surface area contributed by atoms with Crippen molar-refractivity contribution < 1.29 is 0 Å². The molecule has 3 heteroatoms. The highest BCUT2D eigenvalue weighted by atomic mass is 32.1. The average molecular weight is 684 g/mol. The molecule has 0 aliphatic rings. The summed E-state index contributed by atoms with van der Waals surface area (Å²) in [6.07, 6.45) is 0. The first-order chi connectivity index (χ1) is 25.2. The van der Waals surface area contributed by atoms with Gasteiger partial charge in [0.15, 0.2) is 0 Å². The van der Waals surface area contributed by atoms with Gasteiger partial charge in [-0.3, -0.25) is 0 Å². The molecule has 11 rings (SSSR count). The second-order valence-corrected chi connectivity index (χ2v) is 15.5. The molecule has 238 valence electrons. The lowest BCUT2D eigenvalue weighted by Gasteiger charge is -2.11. The highest BCUT2D eigenvalue weighted by Crippen LogP contribution is 2.41. The summed E-state index contributed by atoms with van der Waals surface area (Å²) in [6.45, 7) is 0. The van der Waals surface area contributed by atoms with Crippen LogP contribution in [-0.4, -0.2) is 4.57 Å². The zero-order chi connectivity index (χ0) is 33.5. The van der Waals surface area contributed by atoms with E-state index in [1.807, 2.05) is 22.7 Å². The molecular formula is C48H29NS2. The number of hydrogen-bond donors (Lipinski definition) is 0. The smallest absolute Gasteiger partial charge is 0.0547 e. The first kappa shape index (κ1) is 28.8. The Morgan fingerprint density at radius 3 is 1.24 bits per heavy atom. The van der Waals surface area contributed by atoms with Crippen LogP contribution < -0.4 is 0 Å². The van der Waals surface area contributed by atoms with Crippen molar-refractivity contribution in [1.29, 1.82) is 0 Å². The molecule has 0 saturated carbocycles. The van der Waals surface area contributed by atoms with Gasteiger partial charge in [-0.15, -0.1) is 22.7 Å². The third kappa shape index (κ3) is 4.59. The van der Waals surface area contributed by atoms with Crippen LogP contribution in [0.25, 0.3) is 101 Å². The van der Waals surface area contributed by atoms with Gasteiger partial charge in [-0.1, -0.05) is 115 Å². The molecule has 1 nitrogen and oxygen atoms in total. The van der Waals surface area contributed by atoms with E-state index in [2.05, 4.69) is 180 Å². The Hall–Kier alpha value is -6.00. The summed E-state index contributed by atoms with van der Waals surface area (Å²) in [4.78, 5) is 0. The predicted molar refractivity (Wildman–Crippen MR) is 223 cm³/mol. The summed E-state index contributed by atoms with van der Waals surface area (Å²) in [5, 5.41) is 7.82. The molecule has 0 atom stereocenters. The number of hydrogen-bond acceptors (Lipinski definition) is 2. The highest BCUT2D eigenvalue weighted by Gasteiger charge is 2.16. The fourth-order valence-electron chi connectivity index (χ4n) is 7.90. The lowest BCUT2D eigenvalue weighted by molar-refractivity contribution is 1.18. The molecule has 0 bridgehead atoms. The lowest BCUT2D eigenvalue weighted by atomic mass is 10.00. The topological polar surface area (TPSA) is 4.93 Å². The van der Waals surface area contributed by atoms with E-state index in [0.717, 1.165) is 5.69 Å². The van der Waals surface area contributed by atoms with Gasteiger partial charge in [0.25, 0.3) is 0 Å². The van der Waals surface area contributed by atoms with Gasteiger partial charge >= 0.3 is 0 Å². The van der Waals surface area contributed by atoms with Crippen LogP contribution in [0.1, 0.15) is 0 Å². The molecule has 51 heavy (non-hydrogen) atoms. The first-order valence-corrected chi connectivity index (χ1v) is 19.0. The predicted octanol–water partition coefficient (Wildman–Crippen LogP) is 14.5. The van der Waals surface area contributed by atoms with Crippen molar-refractivity contribution in [2.45, 2.75) is 0 Å². The van der Waals surface area contributed by atoms with E-state index in [1.54, 1.807) is 0 Å². The lowest BCUT2D eigenvalue weighted by Crippen LogP contribution is -1.94. The van der Waals surface area contributed by atoms with Gasteiger partial charge in [-0.05, 0) is 94.0 Å². The van der Waals surface area contributed by atoms with E-state index in [-0.39, 0.29) is 0 Å². The van der Waals surface area contributed by atoms with Crippen LogP contribution >= 0.6 is 22.7 Å². The zero-order valence-corrected chi connectivity index (χ0v) is 29.1. The fourth-order valence-corrected chi connectivity index (χ4v) is 10.1. The minimum absolute atomic E-state index is 1.16. The van der Waals surface area contributed by atoms with E-state index in [0.29, 0.717) is 0 Å². The minimum atomic E-state index is 1.16. The monoisotopic (exact) mass is 683 g/mol. The molecule has 3 aromatic heterocycles. The third-order valence-electron chi connectivity index (χ3n) is 10.4. The van der Waals surface area contributed by atoms with Crippen LogP contribution in [-0.2, 0) is 0 Å². The van der Waals surface area contributed by atoms with Crippen LogP contribution in [0.15, 0.2) is 176 Å². The zero-order valence-electron chi connectivity index (χ0n) is 27.5. The van der Waals surface area contributed by atoms with Gasteiger partial charge in [0.05, 0.1) is 11.0 Å². The van der Waals surface area contributed by atoms with Crippen LogP contribution in [0.5, 0.6) is 0 Å². The highest BCUT2D eigenvalue weighted by molar-refractivity contribution is 7.26. The molecule has 0 N–H and O–H groups in total. The quantitative estimate of drug-likeness (QED) is 0.174. The maximum Gasteiger partial charge on any atom is 0.0547 e. The maximum absolute atomic E-state index is 2.46. The normalized spacial score (nSPS) is 11.9. The summed E-state index contributed by atoms with van der Waals surface area (Å²) < 4.78 is 7.79. The molecule has 0 radical (unpaired) electrons. The molecule has 0 amide bonds. The molecule has 0 fully saturated rings. The number of rotatable bonds is 4. The number of nitrogens with zero attached hydrogens (tertiary/aromatic N) is 1. The molecule has 0 saturated heterocycles. The fraction of sp³-hybridized carbons (Fsp3) is 0. The molecule has 0 spiro atoms. The van der Waals surface area contributed by atoms with Crippen molar-refractivity contribution in [3.05, 3.63) is 176 Å². The Balaban J connectivity index is 1.12. The molecule has 3 heterocycles. The van der Waals surface area contributed by atoms with Gasteiger partial charge in [0.1, 0.15) is 0 Å². The number of aromatic nitrogens is 1. The van der Waals surface area contributed by atoms with E-state index >= 15 is 0 Å². The molecule has 0 unspecified atom stereocenters. The largest absolute Gasteiger partial charge is 0.309 e. The SMILES string of the molecule is c1ccc(-c2ccc(-n3c4cc(-c5ccc6sc7ccccc7c6c5)ccc4c4ccc(-c5ccc6sc7ccccc7c6c5)cc43)cc2)cc1. The Kier molecular flexibility index (Phi) is 6.36. The van der Waals surface area contributed by atoms with Gasteiger partial charge in [-0.25, -0.2) is 0 Å². The van der Waals surface area contributed by atoms with Crippen molar-refractivity contribution in [2.75, 3.05) is 0 Å². The summed E-state index contributed by atoms with van der Waals surface area (Å²) in [5.41, 5.74) is 10.9. The van der Waals surface area contributed by atoms with E-state index in [9.17, 15) is 0 Å². The van der Waals surface area contributed by atoms with Gasteiger partial charge < -0.3 is 4.57 Å². The minimum Gasteiger partial charge on any atom is -0.309 e. The molecule has 8 aromatic carbocycles. The van der Waals surface area contributed by atoms with Crippen molar-refractivity contribution in [1.82, 2.24) is 4.57 Å². The second kappa shape index (κ2) is 11.3. The van der Waals surface area contributed by atoms with Crippen LogP contribution in [0.4, 0.5) is 0 Å². The third-order valence-corrected chi connectivity index (χ3v) is 12.7. The van der Waals surface area contributed by atoms with Gasteiger partial charge in [0, 0.05) is 56.8 Å². The van der Waals surface area contributed by atoms with Crippen molar-refractivity contribution >= 4 is 84.8 Å². The Morgan fingerprint density at radius 1 is 0.275 bits per heavy atom. The summed E-state index contributed by atoms with van der Waals surface area (Å²) in [7, 11) is 0. The summed E-state index contributed by atoms with van der Waals surface area (Å²) in [6, 6.07) is 65.1. The Bertz CT molecular complexity index is 2950. The average Bonchev–Trinajstić information content (AvgIpc) is 3.86. The number of thiophene rings is 2. The molecule has 0 aliphatic carbocycles. The van der Waals surface area contributed by atoms with E-state index in [4.69, 9.17) is 0 Å². The van der Waals surface area contributed by atoms with Crippen LogP contribution in [0, 0.1) is 0 Å². The standard InChI is InChI=1S/C48H29NS2/c1-2-8-30(9-3-1)31-14-20-36(21-15-31)49-43-28-34(32-18-24-47-41(26-32)39-10-4-6-12-45(39)50-47)16-22-37(43)38-23-17-35(29-44(38)49)33-19-25-48-42(27-33)40-11-5-7-13-46(40)51-48/h1-29H. The van der Waals surface area contributed by atoms with Gasteiger partial charge in [0.2, 0.25) is 0 Å². The Morgan fingerprint density at radius 2 is 0.686 bits per heavy atom.